The summed E-state index contributed by atoms with van der Waals surface area (Å²) < 4.78 is 11.1. The van der Waals surface area contributed by atoms with Crippen LogP contribution in [-0.4, -0.2) is 31.7 Å². The van der Waals surface area contributed by atoms with E-state index in [-0.39, 0.29) is 12.5 Å². The number of likely N-dealkylation sites (N-methyl/N-ethyl adjacent to an activating group) is 1. The molecule has 1 saturated carbocycles. The predicted molar refractivity (Wildman–Crippen MR) is 81.7 cm³/mol. The Morgan fingerprint density at radius 2 is 2.05 bits per heavy atom. The van der Waals surface area contributed by atoms with E-state index in [0.29, 0.717) is 30.7 Å². The first-order chi connectivity index (χ1) is 10.2. The van der Waals surface area contributed by atoms with E-state index in [1.165, 1.54) is 12.8 Å². The maximum absolute atomic E-state index is 11.4. The SMILES string of the molecule is CCNC(=O)COc1ccc(CNC2CC2)cc1OCC. The standard InChI is InChI=1S/C16H24N2O3/c1-3-17-16(19)11-21-14-8-5-12(9-15(14)20-4-2)10-18-13-6-7-13/h5,8-9,13,18H,3-4,6-7,10-11H2,1-2H3,(H,17,19). The molecule has 1 aliphatic rings. The van der Waals surface area contributed by atoms with E-state index in [4.69, 9.17) is 9.47 Å². The fraction of sp³-hybridized carbons (Fsp3) is 0.562. The van der Waals surface area contributed by atoms with Crippen LogP contribution >= 0.6 is 0 Å². The van der Waals surface area contributed by atoms with Crippen molar-refractivity contribution in [2.24, 2.45) is 0 Å². The van der Waals surface area contributed by atoms with E-state index in [2.05, 4.69) is 10.6 Å². The summed E-state index contributed by atoms with van der Waals surface area (Å²) in [5.74, 6) is 1.18. The summed E-state index contributed by atoms with van der Waals surface area (Å²) in [6.45, 7) is 5.83. The number of benzene rings is 1. The molecule has 5 nitrogen and oxygen atoms in total. The number of nitrogens with one attached hydrogen (secondary N) is 2. The number of carbonyl (C=O) groups excluding carboxylic acids is 1. The van der Waals surface area contributed by atoms with E-state index in [0.717, 1.165) is 12.1 Å². The lowest BCUT2D eigenvalue weighted by Gasteiger charge is -2.13. The Balaban J connectivity index is 1.95. The van der Waals surface area contributed by atoms with E-state index in [1.54, 1.807) is 0 Å². The fourth-order valence-corrected chi connectivity index (χ4v) is 1.99. The van der Waals surface area contributed by atoms with Gasteiger partial charge in [0.15, 0.2) is 18.1 Å². The average Bonchev–Trinajstić information content (AvgIpc) is 3.29. The van der Waals surface area contributed by atoms with Crippen molar-refractivity contribution in [1.29, 1.82) is 0 Å². The summed E-state index contributed by atoms with van der Waals surface area (Å²) in [6.07, 6.45) is 2.54. The van der Waals surface area contributed by atoms with Crippen molar-refractivity contribution in [1.82, 2.24) is 10.6 Å². The molecule has 21 heavy (non-hydrogen) atoms. The smallest absolute Gasteiger partial charge is 0.257 e. The van der Waals surface area contributed by atoms with Crippen molar-refractivity contribution >= 4 is 5.91 Å². The second-order valence-electron chi connectivity index (χ2n) is 5.11. The Bertz CT molecular complexity index is 473. The van der Waals surface area contributed by atoms with Crippen LogP contribution < -0.4 is 20.1 Å². The van der Waals surface area contributed by atoms with Crippen LogP contribution in [0.2, 0.25) is 0 Å². The summed E-state index contributed by atoms with van der Waals surface area (Å²) in [7, 11) is 0. The maximum atomic E-state index is 11.4. The predicted octanol–water partition coefficient (Wildman–Crippen LogP) is 1.85. The van der Waals surface area contributed by atoms with Crippen LogP contribution in [0.25, 0.3) is 0 Å². The highest BCUT2D eigenvalue weighted by Crippen LogP contribution is 2.29. The molecule has 1 amide bonds. The van der Waals surface area contributed by atoms with E-state index < -0.39 is 0 Å². The Labute approximate surface area is 126 Å². The summed E-state index contributed by atoms with van der Waals surface area (Å²) in [6, 6.07) is 6.53. The minimum atomic E-state index is -0.126. The maximum Gasteiger partial charge on any atom is 0.257 e. The molecule has 0 aromatic heterocycles. The molecule has 0 unspecified atom stereocenters. The zero-order chi connectivity index (χ0) is 15.1. The lowest BCUT2D eigenvalue weighted by Crippen LogP contribution is -2.28. The first-order valence-corrected chi connectivity index (χ1v) is 7.61. The van der Waals surface area contributed by atoms with Gasteiger partial charge in [-0.2, -0.15) is 0 Å². The van der Waals surface area contributed by atoms with Crippen molar-refractivity contribution < 1.29 is 14.3 Å². The van der Waals surface area contributed by atoms with Crippen LogP contribution in [-0.2, 0) is 11.3 Å². The molecular weight excluding hydrogens is 268 g/mol. The van der Waals surface area contributed by atoms with Gasteiger partial charge < -0.3 is 20.1 Å². The lowest BCUT2D eigenvalue weighted by molar-refractivity contribution is -0.123. The highest BCUT2D eigenvalue weighted by molar-refractivity contribution is 5.77. The van der Waals surface area contributed by atoms with Gasteiger partial charge in [-0.25, -0.2) is 0 Å². The molecule has 0 bridgehead atoms. The van der Waals surface area contributed by atoms with Crippen LogP contribution in [0.15, 0.2) is 18.2 Å². The highest BCUT2D eigenvalue weighted by atomic mass is 16.5. The molecule has 116 valence electrons. The van der Waals surface area contributed by atoms with Crippen molar-refractivity contribution in [3.05, 3.63) is 23.8 Å². The fourth-order valence-electron chi connectivity index (χ4n) is 1.99. The second kappa shape index (κ2) is 7.88. The van der Waals surface area contributed by atoms with Gasteiger partial charge in [0, 0.05) is 19.1 Å². The Morgan fingerprint density at radius 1 is 1.24 bits per heavy atom. The quantitative estimate of drug-likeness (QED) is 0.729. The zero-order valence-corrected chi connectivity index (χ0v) is 12.8. The van der Waals surface area contributed by atoms with Crippen LogP contribution in [0.1, 0.15) is 32.3 Å². The van der Waals surface area contributed by atoms with Crippen molar-refractivity contribution in [3.63, 3.8) is 0 Å². The Kier molecular flexibility index (Phi) is 5.87. The molecule has 0 saturated heterocycles. The molecule has 2 N–H and O–H groups in total. The monoisotopic (exact) mass is 292 g/mol. The van der Waals surface area contributed by atoms with Gasteiger partial charge in [-0.05, 0) is 44.4 Å². The number of carbonyl (C=O) groups is 1. The number of amides is 1. The molecule has 0 radical (unpaired) electrons. The summed E-state index contributed by atoms with van der Waals surface area (Å²) >= 11 is 0. The van der Waals surface area contributed by atoms with Gasteiger partial charge in [-0.15, -0.1) is 0 Å². The van der Waals surface area contributed by atoms with Crippen LogP contribution in [0.5, 0.6) is 11.5 Å². The van der Waals surface area contributed by atoms with Crippen LogP contribution in [0, 0.1) is 0 Å². The van der Waals surface area contributed by atoms with Gasteiger partial charge in [0.25, 0.3) is 5.91 Å². The number of hydrogen-bond donors (Lipinski definition) is 2. The number of ether oxygens (including phenoxy) is 2. The van der Waals surface area contributed by atoms with Crippen molar-refractivity contribution in [2.75, 3.05) is 19.8 Å². The van der Waals surface area contributed by atoms with Gasteiger partial charge >= 0.3 is 0 Å². The third-order valence-electron chi connectivity index (χ3n) is 3.21. The Morgan fingerprint density at radius 3 is 2.71 bits per heavy atom. The first-order valence-electron chi connectivity index (χ1n) is 7.61. The average molecular weight is 292 g/mol. The lowest BCUT2D eigenvalue weighted by atomic mass is 10.2. The first kappa shape index (κ1) is 15.6. The summed E-state index contributed by atoms with van der Waals surface area (Å²) in [4.78, 5) is 11.4. The molecule has 1 fully saturated rings. The molecule has 2 rings (SSSR count). The third-order valence-corrected chi connectivity index (χ3v) is 3.21. The van der Waals surface area contributed by atoms with Gasteiger partial charge in [0.1, 0.15) is 0 Å². The molecule has 0 spiro atoms. The minimum Gasteiger partial charge on any atom is -0.490 e. The van der Waals surface area contributed by atoms with Crippen LogP contribution in [0.3, 0.4) is 0 Å². The van der Waals surface area contributed by atoms with E-state index in [9.17, 15) is 4.79 Å². The van der Waals surface area contributed by atoms with Crippen LogP contribution in [0.4, 0.5) is 0 Å². The van der Waals surface area contributed by atoms with E-state index >= 15 is 0 Å². The Hall–Kier alpha value is -1.75. The third kappa shape index (κ3) is 5.27. The molecule has 0 atom stereocenters. The van der Waals surface area contributed by atoms with E-state index in [1.807, 2.05) is 32.0 Å². The topological polar surface area (TPSA) is 59.6 Å². The molecule has 0 aliphatic heterocycles. The second-order valence-corrected chi connectivity index (χ2v) is 5.11. The zero-order valence-electron chi connectivity index (χ0n) is 12.8. The van der Waals surface area contributed by atoms with Gasteiger partial charge in [-0.1, -0.05) is 6.07 Å². The molecule has 5 heteroatoms. The molecule has 1 aromatic carbocycles. The summed E-state index contributed by atoms with van der Waals surface area (Å²) in [5.41, 5.74) is 1.16. The number of rotatable bonds is 9. The van der Waals surface area contributed by atoms with Crippen molar-refractivity contribution in [2.45, 2.75) is 39.3 Å². The van der Waals surface area contributed by atoms with Gasteiger partial charge in [-0.3, -0.25) is 4.79 Å². The minimum absolute atomic E-state index is 0.00752. The molecule has 1 aromatic rings. The van der Waals surface area contributed by atoms with Gasteiger partial charge in [0.05, 0.1) is 6.61 Å². The molecule has 0 heterocycles. The molecule has 1 aliphatic carbocycles. The normalized spacial score (nSPS) is 13.8. The largest absolute Gasteiger partial charge is 0.490 e. The number of hydrogen-bond acceptors (Lipinski definition) is 4. The summed E-state index contributed by atoms with van der Waals surface area (Å²) in [5, 5.41) is 6.17. The van der Waals surface area contributed by atoms with Crippen molar-refractivity contribution in [3.8, 4) is 11.5 Å². The molecular formula is C16H24N2O3. The highest BCUT2D eigenvalue weighted by Gasteiger charge is 2.20. The van der Waals surface area contributed by atoms with Gasteiger partial charge in [0.2, 0.25) is 0 Å².